The van der Waals surface area contributed by atoms with Gasteiger partial charge in [0.1, 0.15) is 0 Å². The van der Waals surface area contributed by atoms with Gasteiger partial charge in [-0.2, -0.15) is 0 Å². The van der Waals surface area contributed by atoms with Crippen molar-refractivity contribution in [3.05, 3.63) is 95.1 Å². The average Bonchev–Trinajstić information content (AvgIpc) is 3.11. The van der Waals surface area contributed by atoms with Crippen LogP contribution < -0.4 is 0 Å². The molecule has 0 radical (unpaired) electrons. The number of imidazole rings is 1. The lowest BCUT2D eigenvalue weighted by Gasteiger charge is -2.18. The number of aryl methyl sites for hydroxylation is 2. The third-order valence-corrected chi connectivity index (χ3v) is 7.67. The van der Waals surface area contributed by atoms with E-state index in [1.54, 1.807) is 0 Å². The molecule has 4 rings (SSSR count). The maximum atomic E-state index is 14.0. The minimum atomic E-state index is -3.70. The Hall–Kier alpha value is -2.92. The van der Waals surface area contributed by atoms with Gasteiger partial charge in [-0.1, -0.05) is 85.1 Å². The second-order valence-electron chi connectivity index (χ2n) is 8.20. The van der Waals surface area contributed by atoms with Crippen molar-refractivity contribution >= 4 is 20.9 Å². The highest BCUT2D eigenvalue weighted by Gasteiger charge is 2.33. The second kappa shape index (κ2) is 8.67. The Morgan fingerprint density at radius 1 is 0.903 bits per heavy atom. The Bertz CT molecular complexity index is 1290. The van der Waals surface area contributed by atoms with E-state index in [0.717, 1.165) is 34.2 Å². The lowest BCUT2D eigenvalue weighted by molar-refractivity contribution is 0.554. The van der Waals surface area contributed by atoms with E-state index in [4.69, 9.17) is 0 Å². The normalized spacial score (nSPS) is 12.9. The van der Waals surface area contributed by atoms with Crippen molar-refractivity contribution in [3.63, 3.8) is 0 Å². The second-order valence-corrected chi connectivity index (χ2v) is 10.2. The molecule has 1 heterocycles. The van der Waals surface area contributed by atoms with Crippen molar-refractivity contribution in [1.29, 1.82) is 0 Å². The van der Waals surface area contributed by atoms with E-state index in [1.807, 2.05) is 66.1 Å². The average molecular weight is 433 g/mol. The van der Waals surface area contributed by atoms with E-state index in [2.05, 4.69) is 37.0 Å². The minimum absolute atomic E-state index is 0.148. The first kappa shape index (κ1) is 21.3. The standard InChI is InChI=1S/C26H28N2O2S/c1-4-10-25(22-11-6-5-7-12-22)31(29,30)26-27-23-13-8-9-14-24(23)28(26)18-21-16-19(2)15-20(3)17-21/h5-9,11-17,25H,4,10,18H2,1-3H3/t25-/m1/s1. The van der Waals surface area contributed by atoms with Crippen LogP contribution in [-0.2, 0) is 16.4 Å². The highest BCUT2D eigenvalue weighted by Crippen LogP contribution is 2.34. The van der Waals surface area contributed by atoms with Crippen LogP contribution in [0.1, 0.15) is 47.3 Å². The Morgan fingerprint density at radius 2 is 1.55 bits per heavy atom. The molecule has 5 heteroatoms. The molecular formula is C26H28N2O2S. The number of rotatable bonds is 7. The van der Waals surface area contributed by atoms with Gasteiger partial charge in [0.25, 0.3) is 0 Å². The Morgan fingerprint density at radius 3 is 2.23 bits per heavy atom. The van der Waals surface area contributed by atoms with Crippen molar-refractivity contribution in [2.24, 2.45) is 0 Å². The van der Waals surface area contributed by atoms with E-state index < -0.39 is 15.1 Å². The molecule has 0 aliphatic carbocycles. The molecule has 0 aliphatic heterocycles. The fourth-order valence-corrected chi connectivity index (χ4v) is 6.34. The summed E-state index contributed by atoms with van der Waals surface area (Å²) in [5.41, 5.74) is 5.75. The molecule has 0 saturated heterocycles. The van der Waals surface area contributed by atoms with E-state index in [-0.39, 0.29) is 5.16 Å². The van der Waals surface area contributed by atoms with E-state index in [9.17, 15) is 8.42 Å². The molecule has 31 heavy (non-hydrogen) atoms. The summed E-state index contributed by atoms with van der Waals surface area (Å²) in [6.07, 6.45) is 1.33. The molecule has 0 aliphatic rings. The number of hydrogen-bond donors (Lipinski definition) is 0. The third-order valence-electron chi connectivity index (χ3n) is 5.59. The van der Waals surface area contributed by atoms with Gasteiger partial charge < -0.3 is 4.57 Å². The monoisotopic (exact) mass is 432 g/mol. The molecule has 0 unspecified atom stereocenters. The maximum Gasteiger partial charge on any atom is 0.229 e. The molecule has 0 N–H and O–H groups in total. The van der Waals surface area contributed by atoms with Gasteiger partial charge in [0.15, 0.2) is 0 Å². The van der Waals surface area contributed by atoms with Crippen LogP contribution in [-0.4, -0.2) is 18.0 Å². The van der Waals surface area contributed by atoms with Crippen molar-refractivity contribution in [2.75, 3.05) is 0 Å². The Kier molecular flexibility index (Phi) is 5.96. The number of para-hydroxylation sites is 2. The molecular weight excluding hydrogens is 404 g/mol. The first-order valence-electron chi connectivity index (χ1n) is 10.7. The summed E-state index contributed by atoms with van der Waals surface area (Å²) in [6.45, 7) is 6.61. The zero-order chi connectivity index (χ0) is 22.0. The van der Waals surface area contributed by atoms with Gasteiger partial charge in [-0.05, 0) is 43.5 Å². The summed E-state index contributed by atoms with van der Waals surface area (Å²) >= 11 is 0. The van der Waals surface area contributed by atoms with Gasteiger partial charge in [0, 0.05) is 0 Å². The van der Waals surface area contributed by atoms with Crippen LogP contribution in [0.2, 0.25) is 0 Å². The predicted molar refractivity (Wildman–Crippen MR) is 126 cm³/mol. The van der Waals surface area contributed by atoms with Crippen molar-refractivity contribution in [3.8, 4) is 0 Å². The number of benzene rings is 3. The SMILES string of the molecule is CCC[C@H](c1ccccc1)S(=O)(=O)c1nc2ccccc2n1Cc1cc(C)cc(C)c1. The van der Waals surface area contributed by atoms with Crippen LogP contribution in [0, 0.1) is 13.8 Å². The smallest absolute Gasteiger partial charge is 0.229 e. The number of fused-ring (bicyclic) bond motifs is 1. The van der Waals surface area contributed by atoms with Crippen LogP contribution in [0.5, 0.6) is 0 Å². The molecule has 4 aromatic rings. The molecule has 0 fully saturated rings. The highest BCUT2D eigenvalue weighted by molar-refractivity contribution is 7.91. The van der Waals surface area contributed by atoms with Gasteiger partial charge in [-0.15, -0.1) is 0 Å². The zero-order valence-corrected chi connectivity index (χ0v) is 19.1. The van der Waals surface area contributed by atoms with E-state index >= 15 is 0 Å². The van der Waals surface area contributed by atoms with Gasteiger partial charge >= 0.3 is 0 Å². The lowest BCUT2D eigenvalue weighted by atomic mass is 10.1. The molecule has 1 aromatic heterocycles. The summed E-state index contributed by atoms with van der Waals surface area (Å²) in [6, 6.07) is 23.5. The van der Waals surface area contributed by atoms with Crippen LogP contribution in [0.3, 0.4) is 0 Å². The van der Waals surface area contributed by atoms with Gasteiger partial charge in [0.2, 0.25) is 15.0 Å². The Labute approximate surface area is 184 Å². The topological polar surface area (TPSA) is 52.0 Å². The highest BCUT2D eigenvalue weighted by atomic mass is 32.2. The molecule has 0 bridgehead atoms. The Balaban J connectivity index is 1.89. The van der Waals surface area contributed by atoms with Crippen molar-refractivity contribution in [2.45, 2.75) is 50.6 Å². The van der Waals surface area contributed by atoms with E-state index in [1.165, 1.54) is 0 Å². The molecule has 160 valence electrons. The minimum Gasteiger partial charge on any atom is -0.310 e. The zero-order valence-electron chi connectivity index (χ0n) is 18.2. The van der Waals surface area contributed by atoms with E-state index in [0.29, 0.717) is 18.5 Å². The molecule has 0 saturated carbocycles. The van der Waals surface area contributed by atoms with Crippen LogP contribution >= 0.6 is 0 Å². The molecule has 0 spiro atoms. The summed E-state index contributed by atoms with van der Waals surface area (Å²) in [4.78, 5) is 4.63. The van der Waals surface area contributed by atoms with Gasteiger partial charge in [0.05, 0.1) is 22.8 Å². The van der Waals surface area contributed by atoms with Crippen molar-refractivity contribution < 1.29 is 8.42 Å². The number of aromatic nitrogens is 2. The largest absolute Gasteiger partial charge is 0.310 e. The predicted octanol–water partition coefficient (Wildman–Crippen LogP) is 6.02. The van der Waals surface area contributed by atoms with Gasteiger partial charge in [-0.25, -0.2) is 13.4 Å². The van der Waals surface area contributed by atoms with Crippen LogP contribution in [0.4, 0.5) is 0 Å². The number of nitrogens with zero attached hydrogens (tertiary/aromatic N) is 2. The summed E-state index contributed by atoms with van der Waals surface area (Å²) in [5, 5.41) is -0.469. The molecule has 0 amide bonds. The van der Waals surface area contributed by atoms with Crippen LogP contribution in [0.15, 0.2) is 78.0 Å². The fourth-order valence-electron chi connectivity index (χ4n) is 4.32. The summed E-state index contributed by atoms with van der Waals surface area (Å²) < 4.78 is 29.8. The first-order chi connectivity index (χ1) is 14.9. The molecule has 3 aromatic carbocycles. The van der Waals surface area contributed by atoms with Crippen LogP contribution in [0.25, 0.3) is 11.0 Å². The molecule has 4 nitrogen and oxygen atoms in total. The quantitative estimate of drug-likeness (QED) is 0.359. The summed E-state index contributed by atoms with van der Waals surface area (Å²) in [7, 11) is -3.70. The van der Waals surface area contributed by atoms with Gasteiger partial charge in [-0.3, -0.25) is 0 Å². The fraction of sp³-hybridized carbons (Fsp3) is 0.269. The maximum absolute atomic E-state index is 14.0. The molecule has 1 atom stereocenters. The number of sulfone groups is 1. The third kappa shape index (κ3) is 4.28. The lowest BCUT2D eigenvalue weighted by Crippen LogP contribution is -2.19. The van der Waals surface area contributed by atoms with Crippen molar-refractivity contribution in [1.82, 2.24) is 9.55 Å². The number of hydrogen-bond acceptors (Lipinski definition) is 3. The first-order valence-corrected chi connectivity index (χ1v) is 12.3. The summed E-state index contributed by atoms with van der Waals surface area (Å²) in [5.74, 6) is 0.